The zero-order valence-corrected chi connectivity index (χ0v) is 19.2. The number of anilines is 2. The summed E-state index contributed by atoms with van der Waals surface area (Å²) in [4.78, 5) is 25.9. The first-order chi connectivity index (χ1) is 16.4. The molecule has 0 fully saturated rings. The topological polar surface area (TPSA) is 136 Å². The second kappa shape index (κ2) is 9.70. The zero-order valence-electron chi connectivity index (χ0n) is 19.2. The summed E-state index contributed by atoms with van der Waals surface area (Å²) in [6.07, 6.45) is 4.60. The molecule has 1 unspecified atom stereocenters. The van der Waals surface area contributed by atoms with Crippen molar-refractivity contribution >= 4 is 23.1 Å². The molecule has 1 aromatic carbocycles. The Morgan fingerprint density at radius 3 is 2.62 bits per heavy atom. The van der Waals surface area contributed by atoms with E-state index in [0.29, 0.717) is 28.4 Å². The van der Waals surface area contributed by atoms with Crippen LogP contribution in [0.2, 0.25) is 0 Å². The van der Waals surface area contributed by atoms with Crippen LogP contribution in [0.15, 0.2) is 55.0 Å². The first kappa shape index (κ1) is 22.9. The van der Waals surface area contributed by atoms with Crippen LogP contribution in [0, 0.1) is 18.8 Å². The van der Waals surface area contributed by atoms with Gasteiger partial charge in [0.2, 0.25) is 0 Å². The Kier molecular flexibility index (Phi) is 6.54. The number of aromatic nitrogens is 4. The van der Waals surface area contributed by atoms with Gasteiger partial charge in [0.15, 0.2) is 0 Å². The number of fused-ring (bicyclic) bond motifs is 1. The van der Waals surface area contributed by atoms with Gasteiger partial charge in [0.1, 0.15) is 34.8 Å². The van der Waals surface area contributed by atoms with Crippen LogP contribution in [0.25, 0.3) is 16.8 Å². The van der Waals surface area contributed by atoms with Crippen molar-refractivity contribution in [1.82, 2.24) is 24.7 Å². The SMILES string of the molecule is CC#CC(N)N[C@@H](C)c1nc(-c2ccc(C(=O)Nc3cc(C)ccn3)cc2)c2c(N)nccn12. The fourth-order valence-electron chi connectivity index (χ4n) is 3.71. The van der Waals surface area contributed by atoms with E-state index >= 15 is 0 Å². The molecule has 0 bridgehead atoms. The van der Waals surface area contributed by atoms with E-state index < -0.39 is 6.17 Å². The van der Waals surface area contributed by atoms with E-state index in [0.717, 1.165) is 17.0 Å². The average Bonchev–Trinajstić information content (AvgIpc) is 3.20. The number of hydrogen-bond acceptors (Lipinski definition) is 7. The summed E-state index contributed by atoms with van der Waals surface area (Å²) in [5, 5.41) is 6.04. The number of rotatable bonds is 6. The number of nitrogens with two attached hydrogens (primary N) is 2. The molecule has 0 radical (unpaired) electrons. The molecule has 6 N–H and O–H groups in total. The van der Waals surface area contributed by atoms with Crippen molar-refractivity contribution in [2.75, 3.05) is 11.1 Å². The highest BCUT2D eigenvalue weighted by molar-refractivity contribution is 6.04. The van der Waals surface area contributed by atoms with E-state index in [4.69, 9.17) is 16.5 Å². The highest BCUT2D eigenvalue weighted by atomic mass is 16.1. The van der Waals surface area contributed by atoms with Gasteiger partial charge < -0.3 is 16.8 Å². The van der Waals surface area contributed by atoms with E-state index in [1.807, 2.05) is 48.7 Å². The molecule has 0 aliphatic carbocycles. The van der Waals surface area contributed by atoms with Crippen LogP contribution in [0.3, 0.4) is 0 Å². The fourth-order valence-corrected chi connectivity index (χ4v) is 3.71. The van der Waals surface area contributed by atoms with E-state index in [9.17, 15) is 4.79 Å². The Balaban J connectivity index is 1.65. The van der Waals surface area contributed by atoms with Gasteiger partial charge in [-0.25, -0.2) is 15.0 Å². The standard InChI is InChI=1S/C25H26N8O/c1-4-5-19(26)30-16(3)24-32-21(22-23(27)29-12-13-33(22)24)17-6-8-18(9-7-17)25(34)31-20-14-15(2)10-11-28-20/h6-14,16,19,30H,26H2,1-3H3,(H2,27,29)(H,28,31,34)/t16-,19?/m0/s1. The summed E-state index contributed by atoms with van der Waals surface area (Å²) < 4.78 is 1.89. The lowest BCUT2D eigenvalue weighted by atomic mass is 10.1. The molecule has 2 atom stereocenters. The van der Waals surface area contributed by atoms with Crippen molar-refractivity contribution in [1.29, 1.82) is 0 Å². The lowest BCUT2D eigenvalue weighted by Gasteiger charge is -2.15. The van der Waals surface area contributed by atoms with Crippen molar-refractivity contribution in [3.05, 3.63) is 71.9 Å². The molecule has 0 aliphatic rings. The van der Waals surface area contributed by atoms with Crippen LogP contribution in [0.5, 0.6) is 0 Å². The predicted octanol–water partition coefficient (Wildman–Crippen LogP) is 2.89. The molecule has 0 aliphatic heterocycles. The Labute approximate surface area is 197 Å². The van der Waals surface area contributed by atoms with Crippen molar-refractivity contribution in [2.24, 2.45) is 5.73 Å². The number of benzene rings is 1. The Morgan fingerprint density at radius 2 is 1.91 bits per heavy atom. The molecule has 1 amide bonds. The smallest absolute Gasteiger partial charge is 0.256 e. The van der Waals surface area contributed by atoms with Gasteiger partial charge in [-0.1, -0.05) is 18.1 Å². The molecule has 3 heterocycles. The molecule has 4 aromatic rings. The van der Waals surface area contributed by atoms with Crippen LogP contribution in [-0.4, -0.2) is 31.4 Å². The zero-order chi connectivity index (χ0) is 24.2. The fraction of sp³-hybridized carbons (Fsp3) is 0.200. The van der Waals surface area contributed by atoms with Gasteiger partial charge in [0, 0.05) is 29.7 Å². The number of hydrogen-bond donors (Lipinski definition) is 4. The monoisotopic (exact) mass is 454 g/mol. The summed E-state index contributed by atoms with van der Waals surface area (Å²) in [7, 11) is 0. The third-order valence-electron chi connectivity index (χ3n) is 5.30. The molecule has 0 saturated heterocycles. The number of carbonyl (C=O) groups excluding carboxylic acids is 1. The molecule has 9 nitrogen and oxygen atoms in total. The largest absolute Gasteiger partial charge is 0.382 e. The number of carbonyl (C=O) groups is 1. The lowest BCUT2D eigenvalue weighted by molar-refractivity contribution is 0.102. The highest BCUT2D eigenvalue weighted by Gasteiger charge is 2.21. The van der Waals surface area contributed by atoms with Gasteiger partial charge in [0.05, 0.1) is 6.04 Å². The van der Waals surface area contributed by atoms with Crippen LogP contribution < -0.4 is 22.1 Å². The highest BCUT2D eigenvalue weighted by Crippen LogP contribution is 2.30. The molecule has 0 spiro atoms. The summed E-state index contributed by atoms with van der Waals surface area (Å²) in [6.45, 7) is 5.64. The Hall–Kier alpha value is -4.26. The van der Waals surface area contributed by atoms with Gasteiger partial charge in [-0.2, -0.15) is 0 Å². The maximum Gasteiger partial charge on any atom is 0.256 e. The van der Waals surface area contributed by atoms with Gasteiger partial charge in [-0.15, -0.1) is 5.92 Å². The third-order valence-corrected chi connectivity index (χ3v) is 5.30. The average molecular weight is 455 g/mol. The second-order valence-corrected chi connectivity index (χ2v) is 7.86. The molecule has 34 heavy (non-hydrogen) atoms. The van der Waals surface area contributed by atoms with Crippen LogP contribution >= 0.6 is 0 Å². The van der Waals surface area contributed by atoms with Gasteiger partial charge in [-0.3, -0.25) is 14.5 Å². The number of aryl methyl sites for hydroxylation is 1. The summed E-state index contributed by atoms with van der Waals surface area (Å²) >= 11 is 0. The number of nitrogens with zero attached hydrogens (tertiary/aromatic N) is 4. The molecule has 0 saturated carbocycles. The molecule has 172 valence electrons. The minimum absolute atomic E-state index is 0.203. The van der Waals surface area contributed by atoms with E-state index in [-0.39, 0.29) is 11.9 Å². The maximum absolute atomic E-state index is 12.7. The van der Waals surface area contributed by atoms with Gasteiger partial charge in [-0.05, 0) is 50.6 Å². The molecular formula is C25H26N8O. The van der Waals surface area contributed by atoms with Crippen molar-refractivity contribution in [3.8, 4) is 23.1 Å². The number of amides is 1. The first-order valence-electron chi connectivity index (χ1n) is 10.8. The van der Waals surface area contributed by atoms with Crippen LogP contribution in [0.4, 0.5) is 11.6 Å². The maximum atomic E-state index is 12.7. The molecular weight excluding hydrogens is 428 g/mol. The van der Waals surface area contributed by atoms with Crippen molar-refractivity contribution in [2.45, 2.75) is 33.0 Å². The molecule has 3 aromatic heterocycles. The van der Waals surface area contributed by atoms with Gasteiger partial charge in [0.25, 0.3) is 5.91 Å². The van der Waals surface area contributed by atoms with E-state index in [1.165, 1.54) is 0 Å². The summed E-state index contributed by atoms with van der Waals surface area (Å²) in [6, 6.07) is 10.6. The Morgan fingerprint density at radius 1 is 1.15 bits per heavy atom. The molecule has 9 heteroatoms. The minimum atomic E-state index is -0.490. The van der Waals surface area contributed by atoms with Crippen molar-refractivity contribution < 1.29 is 4.79 Å². The normalized spacial score (nSPS) is 12.6. The van der Waals surface area contributed by atoms with E-state index in [1.54, 1.807) is 31.5 Å². The molecule has 4 rings (SSSR count). The lowest BCUT2D eigenvalue weighted by Crippen LogP contribution is -2.38. The van der Waals surface area contributed by atoms with Crippen molar-refractivity contribution in [3.63, 3.8) is 0 Å². The van der Waals surface area contributed by atoms with Crippen LogP contribution in [0.1, 0.15) is 41.6 Å². The number of pyridine rings is 1. The number of imidazole rings is 1. The minimum Gasteiger partial charge on any atom is -0.382 e. The third kappa shape index (κ3) is 4.73. The summed E-state index contributed by atoms with van der Waals surface area (Å²) in [5.74, 6) is 7.02. The second-order valence-electron chi connectivity index (χ2n) is 7.86. The number of nitrogens with one attached hydrogen (secondary N) is 2. The number of nitrogen functional groups attached to an aromatic ring is 1. The van der Waals surface area contributed by atoms with Gasteiger partial charge >= 0.3 is 0 Å². The van der Waals surface area contributed by atoms with Crippen LogP contribution in [-0.2, 0) is 0 Å². The predicted molar refractivity (Wildman–Crippen MR) is 133 cm³/mol. The first-order valence-corrected chi connectivity index (χ1v) is 10.8. The quantitative estimate of drug-likeness (QED) is 0.260. The Bertz CT molecular complexity index is 1400. The summed E-state index contributed by atoms with van der Waals surface area (Å²) in [5.41, 5.74) is 15.9. The van der Waals surface area contributed by atoms with E-state index in [2.05, 4.69) is 32.4 Å².